The van der Waals surface area contributed by atoms with Crippen LogP contribution < -0.4 is 0 Å². The van der Waals surface area contributed by atoms with Gasteiger partial charge in [0.25, 0.3) is 0 Å². The first kappa shape index (κ1) is 14.6. The minimum atomic E-state index is -0.892. The van der Waals surface area contributed by atoms with Crippen molar-refractivity contribution in [3.63, 3.8) is 0 Å². The monoisotopic (exact) mass is 270 g/mol. The van der Waals surface area contributed by atoms with E-state index < -0.39 is 11.9 Å². The van der Waals surface area contributed by atoms with E-state index in [1.54, 1.807) is 14.0 Å². The van der Waals surface area contributed by atoms with Gasteiger partial charge in [0.2, 0.25) is 5.91 Å². The van der Waals surface area contributed by atoms with Crippen molar-refractivity contribution in [2.75, 3.05) is 13.6 Å². The zero-order chi connectivity index (χ0) is 13.7. The highest BCUT2D eigenvalue weighted by Gasteiger charge is 2.18. The van der Waals surface area contributed by atoms with Crippen molar-refractivity contribution in [1.82, 2.24) is 9.88 Å². The lowest BCUT2D eigenvalue weighted by atomic mass is 10.2. The van der Waals surface area contributed by atoms with E-state index in [-0.39, 0.29) is 18.9 Å². The summed E-state index contributed by atoms with van der Waals surface area (Å²) in [5.41, 5.74) is 0.990. The van der Waals surface area contributed by atoms with Crippen molar-refractivity contribution in [3.05, 3.63) is 16.1 Å². The number of likely N-dealkylation sites (N-methyl/N-ethyl adjacent to an activating group) is 1. The van der Waals surface area contributed by atoms with Crippen molar-refractivity contribution in [2.45, 2.75) is 26.7 Å². The second kappa shape index (κ2) is 6.49. The summed E-state index contributed by atoms with van der Waals surface area (Å²) >= 11 is 1.47. The molecule has 0 saturated heterocycles. The molecule has 0 radical (unpaired) electrons. The Morgan fingerprint density at radius 1 is 1.56 bits per heavy atom. The van der Waals surface area contributed by atoms with Crippen LogP contribution in [0.1, 0.15) is 24.5 Å². The van der Waals surface area contributed by atoms with Gasteiger partial charge in [-0.1, -0.05) is 13.8 Å². The van der Waals surface area contributed by atoms with Gasteiger partial charge in [-0.05, 0) is 6.42 Å². The van der Waals surface area contributed by atoms with Crippen LogP contribution in [0.2, 0.25) is 0 Å². The number of aromatic nitrogens is 1. The minimum Gasteiger partial charge on any atom is -0.481 e. The number of aryl methyl sites for hydroxylation is 1. The smallest absolute Gasteiger partial charge is 0.308 e. The van der Waals surface area contributed by atoms with Crippen LogP contribution >= 0.6 is 11.3 Å². The average molecular weight is 270 g/mol. The maximum Gasteiger partial charge on any atom is 0.308 e. The number of carbonyl (C=O) groups excluding carboxylic acids is 1. The van der Waals surface area contributed by atoms with Crippen LogP contribution in [0.25, 0.3) is 0 Å². The summed E-state index contributed by atoms with van der Waals surface area (Å²) in [6.07, 6.45) is 1.10. The van der Waals surface area contributed by atoms with Crippen LogP contribution in [0.3, 0.4) is 0 Å². The van der Waals surface area contributed by atoms with Gasteiger partial charge >= 0.3 is 5.97 Å². The molecule has 0 aliphatic heterocycles. The Morgan fingerprint density at radius 2 is 2.22 bits per heavy atom. The molecule has 0 fully saturated rings. The average Bonchev–Trinajstić information content (AvgIpc) is 2.76. The molecule has 6 heteroatoms. The zero-order valence-corrected chi connectivity index (χ0v) is 11.7. The summed E-state index contributed by atoms with van der Waals surface area (Å²) in [5, 5.41) is 11.5. The summed E-state index contributed by atoms with van der Waals surface area (Å²) in [7, 11) is 1.62. The molecule has 18 heavy (non-hydrogen) atoms. The van der Waals surface area contributed by atoms with E-state index in [4.69, 9.17) is 5.11 Å². The third kappa shape index (κ3) is 4.10. The lowest BCUT2D eigenvalue weighted by Gasteiger charge is -2.18. The largest absolute Gasteiger partial charge is 0.481 e. The molecule has 1 unspecified atom stereocenters. The van der Waals surface area contributed by atoms with E-state index in [2.05, 4.69) is 4.98 Å². The number of hydrogen-bond acceptors (Lipinski definition) is 4. The van der Waals surface area contributed by atoms with Crippen molar-refractivity contribution in [2.24, 2.45) is 5.92 Å². The van der Waals surface area contributed by atoms with Crippen molar-refractivity contribution in [1.29, 1.82) is 0 Å². The van der Waals surface area contributed by atoms with Crippen LogP contribution in [-0.2, 0) is 22.4 Å². The Balaban J connectivity index is 2.51. The molecule has 0 bridgehead atoms. The lowest BCUT2D eigenvalue weighted by Crippen LogP contribution is -2.34. The van der Waals surface area contributed by atoms with Crippen molar-refractivity contribution < 1.29 is 14.7 Å². The fraction of sp³-hybridized carbons (Fsp3) is 0.583. The van der Waals surface area contributed by atoms with E-state index >= 15 is 0 Å². The first-order valence-corrected chi connectivity index (χ1v) is 6.72. The highest BCUT2D eigenvalue weighted by Crippen LogP contribution is 2.12. The van der Waals surface area contributed by atoms with Gasteiger partial charge in [-0.25, -0.2) is 4.98 Å². The number of hydrogen-bond donors (Lipinski definition) is 1. The van der Waals surface area contributed by atoms with Crippen molar-refractivity contribution in [3.8, 4) is 0 Å². The number of nitrogens with zero attached hydrogens (tertiary/aromatic N) is 2. The Hall–Kier alpha value is -1.43. The maximum absolute atomic E-state index is 11.9. The molecule has 0 aromatic carbocycles. The summed E-state index contributed by atoms with van der Waals surface area (Å²) in [4.78, 5) is 28.3. The first-order chi connectivity index (χ1) is 8.43. The number of carboxylic acid groups (broad SMARTS) is 1. The maximum atomic E-state index is 11.9. The van der Waals surface area contributed by atoms with E-state index in [1.165, 1.54) is 16.2 Å². The lowest BCUT2D eigenvalue weighted by molar-refractivity contribution is -0.142. The number of amides is 1. The van der Waals surface area contributed by atoms with Gasteiger partial charge in [-0.15, -0.1) is 11.3 Å². The molecule has 0 aliphatic carbocycles. The fourth-order valence-electron chi connectivity index (χ4n) is 1.45. The van der Waals surface area contributed by atoms with Gasteiger partial charge in [0.15, 0.2) is 0 Å². The van der Waals surface area contributed by atoms with E-state index in [1.807, 2.05) is 12.3 Å². The van der Waals surface area contributed by atoms with Crippen LogP contribution in [-0.4, -0.2) is 40.5 Å². The van der Waals surface area contributed by atoms with Gasteiger partial charge in [-0.2, -0.15) is 0 Å². The molecular formula is C12H18N2O3S. The van der Waals surface area contributed by atoms with Gasteiger partial charge in [0, 0.05) is 19.0 Å². The van der Waals surface area contributed by atoms with Gasteiger partial charge in [-0.3, -0.25) is 9.59 Å². The molecule has 1 atom stereocenters. The molecule has 1 rings (SSSR count). The molecule has 1 amide bonds. The summed E-state index contributed by atoms with van der Waals surface area (Å²) < 4.78 is 0. The summed E-state index contributed by atoms with van der Waals surface area (Å²) in [5.74, 6) is -1.54. The molecule has 1 heterocycles. The second-order valence-electron chi connectivity index (χ2n) is 4.28. The molecule has 100 valence electrons. The van der Waals surface area contributed by atoms with Crippen LogP contribution in [0.15, 0.2) is 5.38 Å². The third-order valence-electron chi connectivity index (χ3n) is 2.66. The highest BCUT2D eigenvalue weighted by atomic mass is 32.1. The predicted molar refractivity (Wildman–Crippen MR) is 69.6 cm³/mol. The van der Waals surface area contributed by atoms with Crippen LogP contribution in [0.4, 0.5) is 0 Å². The fourth-order valence-corrected chi connectivity index (χ4v) is 2.32. The molecule has 0 aliphatic rings. The number of thiazole rings is 1. The number of rotatable bonds is 6. The number of carboxylic acids is 1. The molecule has 0 saturated carbocycles. The Kier molecular flexibility index (Phi) is 5.27. The van der Waals surface area contributed by atoms with E-state index in [0.717, 1.165) is 17.1 Å². The van der Waals surface area contributed by atoms with E-state index in [0.29, 0.717) is 0 Å². The van der Waals surface area contributed by atoms with E-state index in [9.17, 15) is 9.59 Å². The summed E-state index contributed by atoms with van der Waals surface area (Å²) in [6.45, 7) is 3.83. The van der Waals surface area contributed by atoms with Crippen LogP contribution in [0, 0.1) is 5.92 Å². The predicted octanol–water partition coefficient (Wildman–Crippen LogP) is 1.43. The SMILES string of the molecule is CCc1csc(CC(=O)N(C)CC(C)C(=O)O)n1. The molecular weight excluding hydrogens is 252 g/mol. The Morgan fingerprint density at radius 3 is 2.72 bits per heavy atom. The molecule has 1 aromatic rings. The third-order valence-corrected chi connectivity index (χ3v) is 3.56. The minimum absolute atomic E-state index is 0.0971. The molecule has 1 aromatic heterocycles. The van der Waals surface area contributed by atoms with Crippen LogP contribution in [0.5, 0.6) is 0 Å². The normalized spacial score (nSPS) is 12.2. The number of carbonyl (C=O) groups is 2. The van der Waals surface area contributed by atoms with Gasteiger partial charge < -0.3 is 10.0 Å². The molecule has 1 N–H and O–H groups in total. The standard InChI is InChI=1S/C12H18N2O3S/c1-4-9-7-18-10(13-9)5-11(15)14(3)6-8(2)12(16)17/h7-8H,4-6H2,1-3H3,(H,16,17). The molecule has 5 nitrogen and oxygen atoms in total. The summed E-state index contributed by atoms with van der Waals surface area (Å²) in [6, 6.07) is 0. The van der Waals surface area contributed by atoms with Gasteiger partial charge in [0.1, 0.15) is 5.01 Å². The topological polar surface area (TPSA) is 70.5 Å². The zero-order valence-electron chi connectivity index (χ0n) is 10.8. The Labute approximate surface area is 110 Å². The quantitative estimate of drug-likeness (QED) is 0.849. The second-order valence-corrected chi connectivity index (χ2v) is 5.22. The van der Waals surface area contributed by atoms with Crippen molar-refractivity contribution >= 4 is 23.2 Å². The van der Waals surface area contributed by atoms with Gasteiger partial charge in [0.05, 0.1) is 18.0 Å². The molecule has 0 spiro atoms. The highest BCUT2D eigenvalue weighted by molar-refractivity contribution is 7.09. The Bertz CT molecular complexity index is 431. The first-order valence-electron chi connectivity index (χ1n) is 5.84. The number of aliphatic carboxylic acids is 1.